The second-order valence-electron chi connectivity index (χ2n) is 11.0. The molecule has 0 amide bonds. The van der Waals surface area contributed by atoms with Gasteiger partial charge in [0.1, 0.15) is 18.3 Å². The van der Waals surface area contributed by atoms with Crippen molar-refractivity contribution in [2.75, 3.05) is 6.61 Å². The molecule has 2 heterocycles. The van der Waals surface area contributed by atoms with Crippen molar-refractivity contribution in [3.8, 4) is 0 Å². The summed E-state index contributed by atoms with van der Waals surface area (Å²) < 4.78 is 17.7. The molecule has 5 rings (SSSR count). The molecule has 9 nitrogen and oxygen atoms in total. The highest BCUT2D eigenvalue weighted by molar-refractivity contribution is 5.83. The molecule has 0 radical (unpaired) electrons. The molecule has 186 valence electrons. The number of carbonyl (C=O) groups excluding carboxylic acids is 2. The monoisotopic (exact) mass is 476 g/mol. The van der Waals surface area contributed by atoms with Crippen LogP contribution in [0.15, 0.2) is 35.5 Å². The number of ether oxygens (including phenoxy) is 3. The van der Waals surface area contributed by atoms with E-state index in [4.69, 9.17) is 14.2 Å². The van der Waals surface area contributed by atoms with Crippen LogP contribution in [0.3, 0.4) is 0 Å². The van der Waals surface area contributed by atoms with E-state index >= 15 is 0 Å². The second kappa shape index (κ2) is 7.24. The molecule has 2 aliphatic heterocycles. The topological polar surface area (TPSA) is 143 Å². The van der Waals surface area contributed by atoms with Gasteiger partial charge in [-0.3, -0.25) is 4.79 Å². The molecule has 0 aromatic heterocycles. The van der Waals surface area contributed by atoms with E-state index in [1.807, 2.05) is 0 Å². The summed E-state index contributed by atoms with van der Waals surface area (Å²) in [4.78, 5) is 25.6. The quantitative estimate of drug-likeness (QED) is 0.252. The van der Waals surface area contributed by atoms with Crippen molar-refractivity contribution in [1.82, 2.24) is 0 Å². The smallest absolute Gasteiger partial charge is 0.331 e. The molecule has 0 aromatic rings. The third kappa shape index (κ3) is 2.67. The number of allylic oxidation sites excluding steroid dienone is 1. The van der Waals surface area contributed by atoms with E-state index in [2.05, 4.69) is 6.58 Å². The maximum atomic E-state index is 12.8. The van der Waals surface area contributed by atoms with Crippen LogP contribution in [-0.2, 0) is 23.8 Å². The highest BCUT2D eigenvalue weighted by Gasteiger charge is 2.83. The molecule has 0 aromatic carbocycles. The van der Waals surface area contributed by atoms with Crippen LogP contribution >= 0.6 is 0 Å². The molecule has 4 N–H and O–H groups in total. The Labute approximate surface area is 197 Å². The first-order chi connectivity index (χ1) is 15.8. The van der Waals surface area contributed by atoms with Crippen molar-refractivity contribution in [3.63, 3.8) is 0 Å². The van der Waals surface area contributed by atoms with Crippen molar-refractivity contribution in [1.29, 1.82) is 0 Å². The minimum atomic E-state index is -2.13. The van der Waals surface area contributed by atoms with Gasteiger partial charge in [-0.1, -0.05) is 30.7 Å². The van der Waals surface area contributed by atoms with Crippen LogP contribution in [0, 0.1) is 28.6 Å². The Morgan fingerprint density at radius 3 is 2.62 bits per heavy atom. The Morgan fingerprint density at radius 2 is 1.97 bits per heavy atom. The van der Waals surface area contributed by atoms with Crippen LogP contribution in [0.4, 0.5) is 0 Å². The molecule has 3 aliphatic carbocycles. The average molecular weight is 477 g/mol. The lowest BCUT2D eigenvalue weighted by atomic mass is 9.38. The lowest BCUT2D eigenvalue weighted by Gasteiger charge is -2.68. The van der Waals surface area contributed by atoms with Crippen molar-refractivity contribution in [2.24, 2.45) is 28.6 Å². The van der Waals surface area contributed by atoms with E-state index in [0.717, 1.165) is 5.57 Å². The van der Waals surface area contributed by atoms with Crippen LogP contribution in [-0.4, -0.2) is 75.3 Å². The van der Waals surface area contributed by atoms with Gasteiger partial charge < -0.3 is 34.6 Å². The van der Waals surface area contributed by atoms with E-state index in [9.17, 15) is 30.0 Å². The van der Waals surface area contributed by atoms with Crippen LogP contribution in [0.5, 0.6) is 0 Å². The van der Waals surface area contributed by atoms with Crippen molar-refractivity contribution >= 4 is 11.9 Å². The van der Waals surface area contributed by atoms with Crippen LogP contribution in [0.25, 0.3) is 0 Å². The summed E-state index contributed by atoms with van der Waals surface area (Å²) in [6.45, 7) is 10.8. The van der Waals surface area contributed by atoms with Gasteiger partial charge in [0.2, 0.25) is 0 Å². The first kappa shape index (κ1) is 23.7. The number of hydrogen-bond donors (Lipinski definition) is 4. The molecule has 4 fully saturated rings. The number of rotatable bonds is 2. The molecular weight excluding hydrogens is 444 g/mol. The van der Waals surface area contributed by atoms with Crippen molar-refractivity contribution in [3.05, 3.63) is 35.5 Å². The first-order valence-electron chi connectivity index (χ1n) is 11.6. The SMILES string of the molecule is C=C1[C@@H](O)[C@]2(O)OC[C@]34[C@H](OC(=O)C[C@@H]13)[C@H](OC(=O)C=C(C)C)[C@H]1C(C)=C[C@H](O)[C@@H](O)[C@]1(C)[C@@H]24. The molecule has 2 saturated heterocycles. The molecule has 2 saturated carbocycles. The van der Waals surface area contributed by atoms with Crippen LogP contribution in [0.2, 0.25) is 0 Å². The largest absolute Gasteiger partial charge is 0.458 e. The number of fused-ring (bicyclic) bond motifs is 1. The van der Waals surface area contributed by atoms with Gasteiger partial charge >= 0.3 is 11.9 Å². The maximum Gasteiger partial charge on any atom is 0.331 e. The third-order valence-electron chi connectivity index (χ3n) is 8.97. The lowest BCUT2D eigenvalue weighted by molar-refractivity contribution is -0.326. The zero-order valence-electron chi connectivity index (χ0n) is 19.7. The molecule has 0 unspecified atom stereocenters. The number of aliphatic hydroxyl groups is 4. The van der Waals surface area contributed by atoms with Crippen molar-refractivity contribution in [2.45, 2.75) is 70.4 Å². The fourth-order valence-corrected chi connectivity index (χ4v) is 7.94. The van der Waals surface area contributed by atoms with E-state index in [0.29, 0.717) is 5.57 Å². The van der Waals surface area contributed by atoms with E-state index < -0.39 is 76.8 Å². The van der Waals surface area contributed by atoms with Gasteiger partial charge in [-0.15, -0.1) is 0 Å². The Balaban J connectivity index is 1.78. The zero-order valence-corrected chi connectivity index (χ0v) is 19.7. The summed E-state index contributed by atoms with van der Waals surface area (Å²) in [5.41, 5.74) is -0.854. The summed E-state index contributed by atoms with van der Waals surface area (Å²) >= 11 is 0. The highest BCUT2D eigenvalue weighted by atomic mass is 16.7. The van der Waals surface area contributed by atoms with Crippen molar-refractivity contribution < 1.29 is 44.2 Å². The lowest BCUT2D eigenvalue weighted by Crippen LogP contribution is -2.78. The van der Waals surface area contributed by atoms with Crippen LogP contribution < -0.4 is 0 Å². The number of carbonyl (C=O) groups is 2. The molecular formula is C25H32O9. The van der Waals surface area contributed by atoms with E-state index in [1.165, 1.54) is 12.2 Å². The fraction of sp³-hybridized carbons (Fsp3) is 0.680. The highest BCUT2D eigenvalue weighted by Crippen LogP contribution is 2.73. The van der Waals surface area contributed by atoms with Gasteiger partial charge in [-0.2, -0.15) is 0 Å². The average Bonchev–Trinajstić information content (AvgIpc) is 3.02. The molecule has 5 aliphatic rings. The van der Waals surface area contributed by atoms with Gasteiger partial charge in [0.25, 0.3) is 0 Å². The number of hydrogen-bond acceptors (Lipinski definition) is 9. The molecule has 11 atom stereocenters. The maximum absolute atomic E-state index is 12.8. The predicted octanol–water partition coefficient (Wildman–Crippen LogP) is 0.366. The number of aliphatic hydroxyl groups excluding tert-OH is 3. The predicted molar refractivity (Wildman–Crippen MR) is 117 cm³/mol. The third-order valence-corrected chi connectivity index (χ3v) is 8.97. The van der Waals surface area contributed by atoms with Gasteiger partial charge in [0.15, 0.2) is 5.79 Å². The molecule has 2 bridgehead atoms. The summed E-state index contributed by atoms with van der Waals surface area (Å²) in [6, 6.07) is 0. The fourth-order valence-electron chi connectivity index (χ4n) is 7.94. The summed E-state index contributed by atoms with van der Waals surface area (Å²) in [5, 5.41) is 45.0. The normalized spacial score (nSPS) is 51.0. The second-order valence-corrected chi connectivity index (χ2v) is 11.0. The minimum absolute atomic E-state index is 0.0921. The molecule has 34 heavy (non-hydrogen) atoms. The van der Waals surface area contributed by atoms with Crippen LogP contribution in [0.1, 0.15) is 34.1 Å². The molecule has 1 spiro atoms. The summed E-state index contributed by atoms with van der Waals surface area (Å²) in [5.74, 6) is -5.61. The van der Waals surface area contributed by atoms with Gasteiger partial charge in [0.05, 0.1) is 30.7 Å². The van der Waals surface area contributed by atoms with Gasteiger partial charge in [0, 0.05) is 29.2 Å². The summed E-state index contributed by atoms with van der Waals surface area (Å²) in [6.07, 6.45) is -3.44. The Bertz CT molecular complexity index is 1030. The van der Waals surface area contributed by atoms with Gasteiger partial charge in [-0.05, 0) is 26.3 Å². The Kier molecular flexibility index (Phi) is 5.04. The standard InChI is InChI=1S/C25H32O9/c1-10(2)6-15(27)33-18-17-11(3)7-14(26)20(30)23(17,5)22-24-9-32-25(22,31)19(29)12(4)13(24)8-16(28)34-21(18)24/h6-7,13-14,17-22,26,29-31H,4,8-9H2,1-3,5H3/t13-,14-,17+,18+,19+,20+,21+,22+,23+,24+,25-/m0/s1. The van der Waals surface area contributed by atoms with E-state index in [-0.39, 0.29) is 18.6 Å². The van der Waals surface area contributed by atoms with Gasteiger partial charge in [-0.25, -0.2) is 4.79 Å². The Morgan fingerprint density at radius 1 is 1.29 bits per heavy atom. The first-order valence-corrected chi connectivity index (χ1v) is 11.6. The number of esters is 2. The molecule has 9 heteroatoms. The zero-order chi connectivity index (χ0) is 25.0. The summed E-state index contributed by atoms with van der Waals surface area (Å²) in [7, 11) is 0. The minimum Gasteiger partial charge on any atom is -0.458 e. The Hall–Kier alpha value is -2.04. The van der Waals surface area contributed by atoms with E-state index in [1.54, 1.807) is 27.7 Å².